The first-order valence-corrected chi connectivity index (χ1v) is 9.81. The van der Waals surface area contributed by atoms with Crippen molar-refractivity contribution in [2.24, 2.45) is 0 Å². The molecule has 0 spiro atoms. The van der Waals surface area contributed by atoms with Gasteiger partial charge in [-0.15, -0.1) is 0 Å². The first-order valence-electron chi connectivity index (χ1n) is 9.01. The van der Waals surface area contributed by atoms with E-state index in [1.807, 2.05) is 12.3 Å². The number of hydrogen-bond donors (Lipinski definition) is 0. The van der Waals surface area contributed by atoms with E-state index in [0.717, 1.165) is 10.2 Å². The van der Waals surface area contributed by atoms with Crippen LogP contribution in [0.25, 0.3) is 0 Å². The van der Waals surface area contributed by atoms with E-state index in [0.29, 0.717) is 0 Å². The molecule has 0 aliphatic carbocycles. The molecule has 0 fully saturated rings. The molecule has 0 unspecified atom stereocenters. The molecule has 0 aliphatic rings. The largest absolute Gasteiger partial charge is 0.249 e. The third-order valence-electron chi connectivity index (χ3n) is 5.06. The fraction of sp³-hybridized carbons (Fsp3) is 0.0800. The molecule has 0 aliphatic heterocycles. The molecule has 0 saturated carbocycles. The summed E-state index contributed by atoms with van der Waals surface area (Å²) in [5.41, 5.74) is 5.65. The average molecular weight is 414 g/mol. The van der Waals surface area contributed by atoms with Crippen LogP contribution in [0.15, 0.2) is 108 Å². The second kappa shape index (κ2) is 7.50. The smallest absolute Gasteiger partial charge is 0.106 e. The fourth-order valence-electron chi connectivity index (χ4n) is 3.78. The lowest BCUT2D eigenvalue weighted by Gasteiger charge is -2.36. The molecule has 1 heterocycles. The zero-order chi connectivity index (χ0) is 18.7. The van der Waals surface area contributed by atoms with Crippen LogP contribution in [0.5, 0.6) is 0 Å². The lowest BCUT2D eigenvalue weighted by Crippen LogP contribution is -2.31. The lowest BCUT2D eigenvalue weighted by molar-refractivity contribution is 0.739. The van der Waals surface area contributed by atoms with E-state index in [1.165, 1.54) is 22.3 Å². The summed E-state index contributed by atoms with van der Waals surface area (Å²) in [6.07, 6.45) is 1.98. The molecule has 3 aromatic carbocycles. The molecular formula is C25H20BrN. The minimum absolute atomic E-state index is 0.427. The van der Waals surface area contributed by atoms with Gasteiger partial charge < -0.3 is 0 Å². The van der Waals surface area contributed by atoms with E-state index in [1.54, 1.807) is 0 Å². The quantitative estimate of drug-likeness (QED) is 0.273. The summed E-state index contributed by atoms with van der Waals surface area (Å²) < 4.78 is 0.838. The molecule has 4 rings (SSSR count). The molecule has 1 aromatic heterocycles. The van der Waals surface area contributed by atoms with Crippen LogP contribution in [0.2, 0.25) is 0 Å². The van der Waals surface area contributed by atoms with Crippen LogP contribution in [0.4, 0.5) is 0 Å². The van der Waals surface area contributed by atoms with Gasteiger partial charge in [-0.25, -0.2) is 4.98 Å². The van der Waals surface area contributed by atoms with Gasteiger partial charge in [-0.05, 0) is 51.2 Å². The van der Waals surface area contributed by atoms with Gasteiger partial charge in [-0.2, -0.15) is 0 Å². The maximum atomic E-state index is 4.56. The van der Waals surface area contributed by atoms with E-state index in [9.17, 15) is 0 Å². The molecule has 1 nitrogen and oxygen atoms in total. The van der Waals surface area contributed by atoms with Gasteiger partial charge in [0.25, 0.3) is 0 Å². The van der Waals surface area contributed by atoms with Gasteiger partial charge in [0.15, 0.2) is 0 Å². The van der Waals surface area contributed by atoms with E-state index >= 15 is 0 Å². The van der Waals surface area contributed by atoms with E-state index < -0.39 is 5.41 Å². The fourth-order valence-corrected chi connectivity index (χ4v) is 4.01. The van der Waals surface area contributed by atoms with Gasteiger partial charge in [0.05, 0.1) is 5.41 Å². The van der Waals surface area contributed by atoms with Crippen molar-refractivity contribution in [3.8, 4) is 0 Å². The van der Waals surface area contributed by atoms with E-state index in [-0.39, 0.29) is 0 Å². The predicted molar refractivity (Wildman–Crippen MR) is 115 cm³/mol. The Kier molecular flexibility index (Phi) is 4.91. The molecule has 132 valence electrons. The summed E-state index contributed by atoms with van der Waals surface area (Å²) in [5, 5.41) is 0. The van der Waals surface area contributed by atoms with E-state index in [4.69, 9.17) is 0 Å². The third-order valence-corrected chi connectivity index (χ3v) is 5.53. The Morgan fingerprint density at radius 1 is 0.593 bits per heavy atom. The summed E-state index contributed by atoms with van der Waals surface area (Å²) >= 11 is 3.48. The van der Waals surface area contributed by atoms with Crippen molar-refractivity contribution < 1.29 is 0 Å². The van der Waals surface area contributed by atoms with Gasteiger partial charge >= 0.3 is 0 Å². The van der Waals surface area contributed by atoms with Crippen LogP contribution < -0.4 is 0 Å². The monoisotopic (exact) mass is 413 g/mol. The Hall–Kier alpha value is -2.71. The van der Waals surface area contributed by atoms with Crippen molar-refractivity contribution in [3.63, 3.8) is 0 Å². The number of hydrogen-bond acceptors (Lipinski definition) is 1. The second-order valence-corrected chi connectivity index (χ2v) is 7.53. The van der Waals surface area contributed by atoms with Crippen LogP contribution >= 0.6 is 15.9 Å². The standard InChI is InChI=1S/C25H20BrN/c1-19-12-14-22(15-13-19)25(20-8-4-2-5-9-20,21-10-6-3-7-11-21)23-16-17-24(26)27-18-23/h2-18H,1H3. The van der Waals surface area contributed by atoms with Gasteiger partial charge in [-0.1, -0.05) is 96.6 Å². The zero-order valence-electron chi connectivity index (χ0n) is 15.1. The molecule has 27 heavy (non-hydrogen) atoms. The maximum absolute atomic E-state index is 4.56. The van der Waals surface area contributed by atoms with Crippen LogP contribution in [0.3, 0.4) is 0 Å². The lowest BCUT2D eigenvalue weighted by atomic mass is 9.65. The highest BCUT2D eigenvalue weighted by molar-refractivity contribution is 9.10. The van der Waals surface area contributed by atoms with Crippen LogP contribution in [-0.2, 0) is 5.41 Å². The average Bonchev–Trinajstić information content (AvgIpc) is 2.73. The third kappa shape index (κ3) is 3.22. The number of aromatic nitrogens is 1. The number of rotatable bonds is 4. The highest BCUT2D eigenvalue weighted by Crippen LogP contribution is 2.44. The Morgan fingerprint density at radius 3 is 1.56 bits per heavy atom. The van der Waals surface area contributed by atoms with Crippen LogP contribution in [-0.4, -0.2) is 4.98 Å². The van der Waals surface area contributed by atoms with Gasteiger partial charge in [0.1, 0.15) is 4.60 Å². The molecular weight excluding hydrogens is 394 g/mol. The number of pyridine rings is 1. The number of nitrogens with zero attached hydrogens (tertiary/aromatic N) is 1. The maximum Gasteiger partial charge on any atom is 0.106 e. The minimum atomic E-state index is -0.427. The molecule has 0 atom stereocenters. The van der Waals surface area contributed by atoms with Crippen LogP contribution in [0, 0.1) is 6.92 Å². The SMILES string of the molecule is Cc1ccc(C(c2ccccc2)(c2ccccc2)c2ccc(Br)nc2)cc1. The van der Waals surface area contributed by atoms with Crippen molar-refractivity contribution in [1.29, 1.82) is 0 Å². The van der Waals surface area contributed by atoms with Crippen molar-refractivity contribution in [3.05, 3.63) is 136 Å². The van der Waals surface area contributed by atoms with Crippen molar-refractivity contribution in [2.75, 3.05) is 0 Å². The highest BCUT2D eigenvalue weighted by atomic mass is 79.9. The topological polar surface area (TPSA) is 12.9 Å². The molecule has 0 amide bonds. The summed E-state index contributed by atoms with van der Waals surface area (Å²) in [6.45, 7) is 2.12. The summed E-state index contributed by atoms with van der Waals surface area (Å²) in [6, 6.07) is 34.4. The van der Waals surface area contributed by atoms with Crippen molar-refractivity contribution >= 4 is 15.9 Å². The predicted octanol–water partition coefficient (Wildman–Crippen LogP) is 6.54. The minimum Gasteiger partial charge on any atom is -0.249 e. The Labute approximate surface area is 168 Å². The molecule has 4 aromatic rings. The Bertz CT molecular complexity index is 920. The number of aryl methyl sites for hydroxylation is 1. The summed E-state index contributed by atoms with van der Waals surface area (Å²) in [7, 11) is 0. The molecule has 0 N–H and O–H groups in total. The Morgan fingerprint density at radius 2 is 1.07 bits per heavy atom. The van der Waals surface area contributed by atoms with E-state index in [2.05, 4.69) is 119 Å². The molecule has 2 heteroatoms. The van der Waals surface area contributed by atoms with Gasteiger partial charge in [-0.3, -0.25) is 0 Å². The number of halogens is 1. The highest BCUT2D eigenvalue weighted by Gasteiger charge is 2.38. The molecule has 0 radical (unpaired) electrons. The first-order chi connectivity index (χ1) is 13.2. The van der Waals surface area contributed by atoms with Gasteiger partial charge in [0, 0.05) is 6.20 Å². The van der Waals surface area contributed by atoms with Crippen molar-refractivity contribution in [1.82, 2.24) is 4.98 Å². The first kappa shape index (κ1) is 17.7. The summed E-state index contributed by atoms with van der Waals surface area (Å²) in [5.74, 6) is 0. The Balaban J connectivity index is 2.11. The van der Waals surface area contributed by atoms with Gasteiger partial charge in [0.2, 0.25) is 0 Å². The molecule has 0 bridgehead atoms. The summed E-state index contributed by atoms with van der Waals surface area (Å²) in [4.78, 5) is 4.56. The number of benzene rings is 3. The van der Waals surface area contributed by atoms with Crippen molar-refractivity contribution in [2.45, 2.75) is 12.3 Å². The molecule has 0 saturated heterocycles. The van der Waals surface area contributed by atoms with Crippen LogP contribution in [0.1, 0.15) is 27.8 Å². The normalized spacial score (nSPS) is 11.3. The second-order valence-electron chi connectivity index (χ2n) is 6.72. The zero-order valence-corrected chi connectivity index (χ0v) is 16.7.